The van der Waals surface area contributed by atoms with Gasteiger partial charge in [-0.2, -0.15) is 0 Å². The van der Waals surface area contributed by atoms with Crippen LogP contribution >= 0.6 is 23.2 Å². The molecule has 0 atom stereocenters. The fourth-order valence-corrected chi connectivity index (χ4v) is 3.96. The zero-order valence-electron chi connectivity index (χ0n) is 19.4. The monoisotopic (exact) mass is 523 g/mol. The molecule has 0 saturated carbocycles. The molecule has 9 heteroatoms. The second kappa shape index (κ2) is 11.3. The fraction of sp³-hybridized carbons (Fsp3) is 0.148. The van der Waals surface area contributed by atoms with Crippen molar-refractivity contribution in [2.45, 2.75) is 20.0 Å². The molecule has 0 saturated heterocycles. The Kier molecular flexibility index (Phi) is 7.93. The summed E-state index contributed by atoms with van der Waals surface area (Å²) in [5.41, 5.74) is 2.74. The summed E-state index contributed by atoms with van der Waals surface area (Å²) in [6.07, 6.45) is 0. The minimum atomic E-state index is -0.555. The third-order valence-corrected chi connectivity index (χ3v) is 6.08. The van der Waals surface area contributed by atoms with Gasteiger partial charge < -0.3 is 15.4 Å². The van der Waals surface area contributed by atoms with Crippen LogP contribution < -0.4 is 15.4 Å². The number of hydrogen-bond acceptors (Lipinski definition) is 5. The molecule has 1 aliphatic heterocycles. The van der Waals surface area contributed by atoms with Crippen LogP contribution in [0.5, 0.6) is 5.75 Å². The van der Waals surface area contributed by atoms with Gasteiger partial charge in [-0.25, -0.2) is 0 Å². The maximum Gasteiger partial charge on any atom is 0.278 e. The smallest absolute Gasteiger partial charge is 0.278 e. The lowest BCUT2D eigenvalue weighted by Gasteiger charge is -2.15. The molecule has 1 heterocycles. The first kappa shape index (κ1) is 25.3. The van der Waals surface area contributed by atoms with Gasteiger partial charge in [0.15, 0.2) is 0 Å². The number of rotatable bonds is 9. The van der Waals surface area contributed by atoms with Crippen LogP contribution in [-0.4, -0.2) is 29.2 Å². The van der Waals surface area contributed by atoms with E-state index in [4.69, 9.17) is 27.9 Å². The van der Waals surface area contributed by atoms with Gasteiger partial charge in [-0.15, -0.1) is 0 Å². The Bertz CT molecular complexity index is 1300. The van der Waals surface area contributed by atoms with Gasteiger partial charge in [0.25, 0.3) is 17.7 Å². The highest BCUT2D eigenvalue weighted by molar-refractivity contribution is 6.47. The van der Waals surface area contributed by atoms with Gasteiger partial charge in [0.1, 0.15) is 16.5 Å². The molecule has 0 bridgehead atoms. The Morgan fingerprint density at radius 2 is 1.50 bits per heavy atom. The van der Waals surface area contributed by atoms with E-state index in [1.165, 1.54) is 0 Å². The number of carbonyl (C=O) groups is 3. The molecule has 0 radical (unpaired) electrons. The number of anilines is 1. The molecule has 0 aliphatic carbocycles. The highest BCUT2D eigenvalue weighted by atomic mass is 35.5. The van der Waals surface area contributed by atoms with E-state index in [0.717, 1.165) is 21.8 Å². The number of carbonyl (C=O) groups excluding carboxylic acids is 3. The number of hydrogen-bond donors (Lipinski definition) is 2. The van der Waals surface area contributed by atoms with Gasteiger partial charge in [0.05, 0.1) is 13.2 Å². The molecule has 3 amide bonds. The van der Waals surface area contributed by atoms with Crippen LogP contribution in [0.2, 0.25) is 5.02 Å². The molecule has 3 aromatic carbocycles. The molecule has 3 aromatic rings. The van der Waals surface area contributed by atoms with E-state index in [9.17, 15) is 14.4 Å². The van der Waals surface area contributed by atoms with E-state index in [1.54, 1.807) is 72.8 Å². The zero-order valence-corrected chi connectivity index (χ0v) is 20.9. The Morgan fingerprint density at radius 3 is 2.14 bits per heavy atom. The number of amides is 3. The molecule has 7 nitrogen and oxygen atoms in total. The van der Waals surface area contributed by atoms with Gasteiger partial charge in [0.2, 0.25) is 0 Å². The zero-order chi connectivity index (χ0) is 25.7. The number of nitrogens with zero attached hydrogens (tertiary/aromatic N) is 1. The first-order valence-electron chi connectivity index (χ1n) is 11.2. The molecule has 1 aliphatic rings. The van der Waals surface area contributed by atoms with Crippen molar-refractivity contribution < 1.29 is 19.1 Å². The number of nitrogens with one attached hydrogen (secondary N) is 2. The largest absolute Gasteiger partial charge is 0.494 e. The Morgan fingerprint density at radius 1 is 0.861 bits per heavy atom. The normalized spacial score (nSPS) is 13.2. The molecule has 36 heavy (non-hydrogen) atoms. The topological polar surface area (TPSA) is 87.7 Å². The Hall–Kier alpha value is -3.81. The third kappa shape index (κ3) is 5.87. The minimum Gasteiger partial charge on any atom is -0.494 e. The van der Waals surface area contributed by atoms with Crippen LogP contribution in [0.1, 0.15) is 28.4 Å². The summed E-state index contributed by atoms with van der Waals surface area (Å²) in [7, 11) is 0. The third-order valence-electron chi connectivity index (χ3n) is 5.47. The number of benzene rings is 3. The SMILES string of the molecule is CCOc1ccc(NC(=O)c2ccc(CNC3=C(Cl)C(=O)N(Cc4ccc(Cl)cc4)C3=O)cc2)cc1. The van der Waals surface area contributed by atoms with Crippen molar-refractivity contribution in [1.82, 2.24) is 10.2 Å². The van der Waals surface area contributed by atoms with Crippen molar-refractivity contribution in [3.05, 3.63) is 105 Å². The Balaban J connectivity index is 1.34. The van der Waals surface area contributed by atoms with Crippen molar-refractivity contribution in [2.24, 2.45) is 0 Å². The van der Waals surface area contributed by atoms with Crippen molar-refractivity contribution in [2.75, 3.05) is 11.9 Å². The molecule has 0 spiro atoms. The maximum atomic E-state index is 12.8. The average Bonchev–Trinajstić information content (AvgIpc) is 3.08. The van der Waals surface area contributed by atoms with Crippen LogP contribution in [0.4, 0.5) is 5.69 Å². The van der Waals surface area contributed by atoms with E-state index in [2.05, 4.69) is 10.6 Å². The van der Waals surface area contributed by atoms with Crippen LogP contribution in [-0.2, 0) is 22.7 Å². The van der Waals surface area contributed by atoms with Crippen molar-refractivity contribution >= 4 is 46.6 Å². The predicted octanol–water partition coefficient (Wildman–Crippen LogP) is 5.10. The van der Waals surface area contributed by atoms with E-state index < -0.39 is 11.8 Å². The van der Waals surface area contributed by atoms with Crippen LogP contribution in [0.15, 0.2) is 83.5 Å². The van der Waals surface area contributed by atoms with E-state index in [1.807, 2.05) is 6.92 Å². The van der Waals surface area contributed by atoms with Crippen molar-refractivity contribution in [3.63, 3.8) is 0 Å². The van der Waals surface area contributed by atoms with Gasteiger partial charge in [-0.1, -0.05) is 47.5 Å². The molecule has 0 aromatic heterocycles. The highest BCUT2D eigenvalue weighted by Gasteiger charge is 2.37. The predicted molar refractivity (Wildman–Crippen MR) is 139 cm³/mol. The van der Waals surface area contributed by atoms with Crippen molar-refractivity contribution in [3.8, 4) is 5.75 Å². The van der Waals surface area contributed by atoms with Crippen LogP contribution in [0.3, 0.4) is 0 Å². The van der Waals surface area contributed by atoms with Crippen LogP contribution in [0, 0.1) is 0 Å². The molecular weight excluding hydrogens is 501 g/mol. The second-order valence-corrected chi connectivity index (χ2v) is 8.79. The first-order valence-corrected chi connectivity index (χ1v) is 12.0. The summed E-state index contributed by atoms with van der Waals surface area (Å²) in [6, 6.07) is 20.9. The van der Waals surface area contributed by atoms with E-state index in [0.29, 0.717) is 22.9 Å². The summed E-state index contributed by atoms with van der Waals surface area (Å²) in [5.74, 6) is -0.566. The summed E-state index contributed by atoms with van der Waals surface area (Å²) >= 11 is 12.1. The van der Waals surface area contributed by atoms with Gasteiger partial charge in [0, 0.05) is 22.8 Å². The molecule has 184 valence electrons. The number of imide groups is 1. The van der Waals surface area contributed by atoms with Gasteiger partial charge in [-0.05, 0) is 66.6 Å². The van der Waals surface area contributed by atoms with Crippen molar-refractivity contribution in [1.29, 1.82) is 0 Å². The van der Waals surface area contributed by atoms with E-state index >= 15 is 0 Å². The quantitative estimate of drug-likeness (QED) is 0.381. The molecular formula is C27H23Cl2N3O4. The summed E-state index contributed by atoms with van der Waals surface area (Å²) in [4.78, 5) is 39.0. The lowest BCUT2D eigenvalue weighted by molar-refractivity contribution is -0.138. The minimum absolute atomic E-state index is 0.0490. The average molecular weight is 524 g/mol. The molecule has 0 fully saturated rings. The lowest BCUT2D eigenvalue weighted by atomic mass is 10.1. The summed E-state index contributed by atoms with van der Waals surface area (Å²) in [5, 5.41) is 6.21. The first-order chi connectivity index (χ1) is 17.4. The lowest BCUT2D eigenvalue weighted by Crippen LogP contribution is -2.33. The van der Waals surface area contributed by atoms with Crippen LogP contribution in [0.25, 0.3) is 0 Å². The standard InChI is InChI=1S/C27H23Cl2N3O4/c1-2-36-22-13-11-21(12-14-22)31-25(33)19-7-3-17(4-8-19)15-30-24-23(29)26(34)32(27(24)35)16-18-5-9-20(28)10-6-18/h3-14,30H,2,15-16H2,1H3,(H,31,33). The highest BCUT2D eigenvalue weighted by Crippen LogP contribution is 2.25. The maximum absolute atomic E-state index is 12.8. The number of ether oxygens (including phenoxy) is 1. The second-order valence-electron chi connectivity index (χ2n) is 7.97. The number of halogens is 2. The van der Waals surface area contributed by atoms with Gasteiger partial charge in [-0.3, -0.25) is 19.3 Å². The Labute approximate surface area is 218 Å². The van der Waals surface area contributed by atoms with E-state index in [-0.39, 0.29) is 29.7 Å². The summed E-state index contributed by atoms with van der Waals surface area (Å²) < 4.78 is 5.40. The molecule has 0 unspecified atom stereocenters. The molecule has 4 rings (SSSR count). The fourth-order valence-electron chi connectivity index (χ4n) is 3.58. The summed E-state index contributed by atoms with van der Waals surface area (Å²) in [6.45, 7) is 2.82. The molecule has 2 N–H and O–H groups in total. The van der Waals surface area contributed by atoms with Gasteiger partial charge >= 0.3 is 0 Å².